The predicted molar refractivity (Wildman–Crippen MR) is 35.9 cm³/mol. The van der Waals surface area contributed by atoms with E-state index >= 15 is 0 Å². The molecule has 0 bridgehead atoms. The van der Waals surface area contributed by atoms with Gasteiger partial charge in [-0.05, 0) is 19.1 Å². The zero-order valence-corrected chi connectivity index (χ0v) is 5.86. The molecule has 48 valence electrons. The third-order valence-corrected chi connectivity index (χ3v) is 0.646. The summed E-state index contributed by atoms with van der Waals surface area (Å²) in [7, 11) is 0. The number of aliphatic hydroxyl groups is 1. The molecule has 0 aliphatic heterocycles. The zero-order chi connectivity index (χ0) is 6.57. The van der Waals surface area contributed by atoms with Gasteiger partial charge in [0.25, 0.3) is 0 Å². The molecule has 1 N–H and O–H groups in total. The molecular weight excluding hydrogens is 124 g/mol. The number of hydrogen-bond acceptors (Lipinski definition) is 3. The van der Waals surface area contributed by atoms with E-state index in [1.54, 1.807) is 13.8 Å². The lowest BCUT2D eigenvalue weighted by atomic mass is 10.4. The van der Waals surface area contributed by atoms with Gasteiger partial charge in [0.2, 0.25) is 0 Å². The van der Waals surface area contributed by atoms with E-state index in [4.69, 9.17) is 9.84 Å². The molecule has 0 aliphatic rings. The van der Waals surface area contributed by atoms with Crippen LogP contribution in [0.25, 0.3) is 0 Å². The molecule has 0 aromatic carbocycles. The van der Waals surface area contributed by atoms with Crippen molar-refractivity contribution in [3.8, 4) is 0 Å². The summed E-state index contributed by atoms with van der Waals surface area (Å²) in [6.45, 7) is 3.63. The lowest BCUT2D eigenvalue weighted by molar-refractivity contribution is 0.118. The van der Waals surface area contributed by atoms with Crippen LogP contribution in [-0.4, -0.2) is 22.9 Å². The minimum Gasteiger partial charge on any atom is -0.485 e. The molecule has 0 amide bonds. The van der Waals surface area contributed by atoms with Crippen molar-refractivity contribution in [1.82, 2.24) is 0 Å². The molecule has 0 fully saturated rings. The van der Waals surface area contributed by atoms with E-state index in [1.807, 2.05) is 0 Å². The third-order valence-electron chi connectivity index (χ3n) is 0.528. The van der Waals surface area contributed by atoms with Gasteiger partial charge in [0.15, 0.2) is 5.05 Å². The van der Waals surface area contributed by atoms with E-state index in [9.17, 15) is 0 Å². The molecule has 0 aliphatic carbocycles. The number of ether oxygens (including phenoxy) is 1. The van der Waals surface area contributed by atoms with Crippen LogP contribution < -0.4 is 0 Å². The van der Waals surface area contributed by atoms with Crippen molar-refractivity contribution in [2.45, 2.75) is 20.0 Å². The molecule has 1 atom stereocenters. The fourth-order valence-electron chi connectivity index (χ4n) is 0.238. The molecule has 0 saturated heterocycles. The van der Waals surface area contributed by atoms with Gasteiger partial charge in [-0.2, -0.15) is 0 Å². The van der Waals surface area contributed by atoms with Crippen LogP contribution in [0.15, 0.2) is 0 Å². The first-order valence-corrected chi connectivity index (χ1v) is 2.85. The Morgan fingerprint density at radius 2 is 2.38 bits per heavy atom. The maximum absolute atomic E-state index is 8.62. The van der Waals surface area contributed by atoms with E-state index in [-0.39, 0.29) is 0 Å². The summed E-state index contributed by atoms with van der Waals surface area (Å²) >= 11 is 4.58. The smallest absolute Gasteiger partial charge is 0.156 e. The average Bonchev–Trinajstić information content (AvgIpc) is 1.61. The van der Waals surface area contributed by atoms with Crippen molar-refractivity contribution in [3.05, 3.63) is 0 Å². The lowest BCUT2D eigenvalue weighted by Gasteiger charge is -2.03. The highest BCUT2D eigenvalue weighted by Gasteiger charge is 1.93. The fourth-order valence-corrected chi connectivity index (χ4v) is 0.306. The fraction of sp³-hybridized carbons (Fsp3) is 0.800. The average molecular weight is 134 g/mol. The predicted octanol–water partition coefficient (Wildman–Crippen LogP) is 0.731. The third kappa shape index (κ3) is 5.85. The van der Waals surface area contributed by atoms with Gasteiger partial charge in [-0.3, -0.25) is 0 Å². The molecule has 1 unspecified atom stereocenters. The Kier molecular flexibility index (Phi) is 3.73. The van der Waals surface area contributed by atoms with E-state index in [2.05, 4.69) is 12.2 Å². The first kappa shape index (κ1) is 7.85. The molecular formula is C5H10O2S. The molecule has 0 radical (unpaired) electrons. The highest BCUT2D eigenvalue weighted by Crippen LogP contribution is 1.84. The van der Waals surface area contributed by atoms with Gasteiger partial charge in [-0.25, -0.2) is 0 Å². The lowest BCUT2D eigenvalue weighted by Crippen LogP contribution is -2.11. The summed E-state index contributed by atoms with van der Waals surface area (Å²) in [5.41, 5.74) is 0. The summed E-state index contributed by atoms with van der Waals surface area (Å²) < 4.78 is 4.78. The minimum absolute atomic E-state index is 0.301. The van der Waals surface area contributed by atoms with E-state index in [1.165, 1.54) is 0 Å². The topological polar surface area (TPSA) is 29.5 Å². The van der Waals surface area contributed by atoms with Crippen LogP contribution in [0.4, 0.5) is 0 Å². The Labute approximate surface area is 54.5 Å². The van der Waals surface area contributed by atoms with Gasteiger partial charge in [0.1, 0.15) is 6.61 Å². The second-order valence-electron chi connectivity index (χ2n) is 1.65. The first-order chi connectivity index (χ1) is 3.63. The standard InChI is InChI=1S/C5H10O2S/c1-4(6)3-7-5(2)8/h4,6H,3H2,1-2H3. The van der Waals surface area contributed by atoms with Crippen LogP contribution in [0.5, 0.6) is 0 Å². The Bertz CT molecular complexity index is 80.5. The van der Waals surface area contributed by atoms with Gasteiger partial charge >= 0.3 is 0 Å². The summed E-state index contributed by atoms with van der Waals surface area (Å²) in [6, 6.07) is 0. The Morgan fingerprint density at radius 1 is 1.88 bits per heavy atom. The van der Waals surface area contributed by atoms with Crippen LogP contribution in [-0.2, 0) is 4.74 Å². The molecule has 3 heteroatoms. The summed E-state index contributed by atoms with van der Waals surface area (Å²) in [6.07, 6.45) is -0.423. The van der Waals surface area contributed by atoms with Crippen LogP contribution in [0.2, 0.25) is 0 Å². The van der Waals surface area contributed by atoms with Crippen LogP contribution >= 0.6 is 12.2 Å². The van der Waals surface area contributed by atoms with Gasteiger partial charge in [0.05, 0.1) is 6.10 Å². The van der Waals surface area contributed by atoms with Crippen molar-refractivity contribution in [1.29, 1.82) is 0 Å². The highest BCUT2D eigenvalue weighted by atomic mass is 32.1. The molecule has 2 nitrogen and oxygen atoms in total. The number of thiocarbonyl (C=S) groups is 1. The zero-order valence-electron chi connectivity index (χ0n) is 5.05. The van der Waals surface area contributed by atoms with E-state index < -0.39 is 6.10 Å². The second kappa shape index (κ2) is 3.80. The number of rotatable bonds is 2. The van der Waals surface area contributed by atoms with Crippen molar-refractivity contribution >= 4 is 17.3 Å². The molecule has 8 heavy (non-hydrogen) atoms. The Hall–Kier alpha value is -0.150. The van der Waals surface area contributed by atoms with Gasteiger partial charge in [-0.1, -0.05) is 0 Å². The Balaban J connectivity index is 3.05. The van der Waals surface area contributed by atoms with Crippen LogP contribution in [0.1, 0.15) is 13.8 Å². The number of aliphatic hydroxyl groups excluding tert-OH is 1. The van der Waals surface area contributed by atoms with Gasteiger partial charge in [0, 0.05) is 6.92 Å². The van der Waals surface area contributed by atoms with Crippen LogP contribution in [0.3, 0.4) is 0 Å². The summed E-state index contributed by atoms with van der Waals surface area (Å²) in [4.78, 5) is 0. The second-order valence-corrected chi connectivity index (χ2v) is 2.23. The van der Waals surface area contributed by atoms with Crippen molar-refractivity contribution < 1.29 is 9.84 Å². The largest absolute Gasteiger partial charge is 0.485 e. The summed E-state index contributed by atoms with van der Waals surface area (Å²) in [5.74, 6) is 0. The Morgan fingerprint density at radius 3 is 2.50 bits per heavy atom. The SMILES string of the molecule is CC(=S)OCC(C)O. The first-order valence-electron chi connectivity index (χ1n) is 2.44. The monoisotopic (exact) mass is 134 g/mol. The molecule has 0 rings (SSSR count). The molecule has 0 saturated carbocycles. The normalized spacial score (nSPS) is 12.9. The van der Waals surface area contributed by atoms with Crippen LogP contribution in [0, 0.1) is 0 Å². The summed E-state index contributed by atoms with van der Waals surface area (Å²) in [5, 5.41) is 9.09. The molecule has 0 heterocycles. The molecule has 0 spiro atoms. The molecule has 0 aromatic rings. The maximum Gasteiger partial charge on any atom is 0.156 e. The van der Waals surface area contributed by atoms with E-state index in [0.717, 1.165) is 0 Å². The molecule has 0 aromatic heterocycles. The van der Waals surface area contributed by atoms with Crippen molar-refractivity contribution in [2.75, 3.05) is 6.61 Å². The van der Waals surface area contributed by atoms with Crippen molar-refractivity contribution in [2.24, 2.45) is 0 Å². The quantitative estimate of drug-likeness (QED) is 0.565. The van der Waals surface area contributed by atoms with Crippen molar-refractivity contribution in [3.63, 3.8) is 0 Å². The van der Waals surface area contributed by atoms with E-state index in [0.29, 0.717) is 11.7 Å². The number of hydrogen-bond donors (Lipinski definition) is 1. The maximum atomic E-state index is 8.62. The van der Waals surface area contributed by atoms with Gasteiger partial charge in [-0.15, -0.1) is 0 Å². The van der Waals surface area contributed by atoms with Gasteiger partial charge < -0.3 is 9.84 Å². The highest BCUT2D eigenvalue weighted by molar-refractivity contribution is 7.80. The minimum atomic E-state index is -0.423.